The van der Waals surface area contributed by atoms with E-state index < -0.39 is 16.0 Å². The zero-order chi connectivity index (χ0) is 22.1. The highest BCUT2D eigenvalue weighted by Crippen LogP contribution is 2.21. The number of benzene rings is 1. The quantitative estimate of drug-likeness (QED) is 0.668. The summed E-state index contributed by atoms with van der Waals surface area (Å²) in [6.45, 7) is 0.730. The number of nitrogens with one attached hydrogen (secondary N) is 1. The van der Waals surface area contributed by atoms with Crippen molar-refractivity contribution in [2.75, 3.05) is 19.7 Å². The van der Waals surface area contributed by atoms with E-state index in [1.54, 1.807) is 0 Å². The van der Waals surface area contributed by atoms with Crippen molar-refractivity contribution in [2.45, 2.75) is 81.6 Å². The summed E-state index contributed by atoms with van der Waals surface area (Å²) in [5.41, 5.74) is 0.230. The Kier molecular flexibility index (Phi) is 8.90. The summed E-state index contributed by atoms with van der Waals surface area (Å²) in [5, 5.41) is 2.96. The Morgan fingerprint density at radius 2 is 1.42 bits per heavy atom. The van der Waals surface area contributed by atoms with Gasteiger partial charge in [-0.2, -0.15) is 4.31 Å². The fraction of sp³-hybridized carbons (Fsp3) is 0.652. The van der Waals surface area contributed by atoms with Gasteiger partial charge in [-0.05, 0) is 49.9 Å². The fourth-order valence-electron chi connectivity index (χ4n) is 4.28. The molecule has 1 aliphatic heterocycles. The number of rotatable bonds is 6. The minimum Gasteiger partial charge on any atom is -0.452 e. The van der Waals surface area contributed by atoms with Gasteiger partial charge < -0.3 is 10.1 Å². The topological polar surface area (TPSA) is 92.8 Å². The zero-order valence-corrected chi connectivity index (χ0v) is 19.0. The predicted molar refractivity (Wildman–Crippen MR) is 118 cm³/mol. The van der Waals surface area contributed by atoms with E-state index in [4.69, 9.17) is 4.74 Å². The largest absolute Gasteiger partial charge is 0.452 e. The molecule has 31 heavy (non-hydrogen) atoms. The van der Waals surface area contributed by atoms with E-state index in [1.807, 2.05) is 0 Å². The molecule has 1 saturated heterocycles. The van der Waals surface area contributed by atoms with E-state index in [2.05, 4.69) is 5.32 Å². The molecule has 0 atom stereocenters. The molecular formula is C23H34N2O5S. The molecule has 0 aromatic heterocycles. The Hall–Kier alpha value is -1.93. The summed E-state index contributed by atoms with van der Waals surface area (Å²) < 4.78 is 32.3. The molecule has 7 nitrogen and oxygen atoms in total. The van der Waals surface area contributed by atoms with Gasteiger partial charge in [-0.1, -0.05) is 44.9 Å². The van der Waals surface area contributed by atoms with Crippen LogP contribution in [0, 0.1) is 0 Å². The SMILES string of the molecule is O=C(COC(=O)c1ccc(S(=O)(=O)N2CCCCCC2)cc1)NC1CCCCCCC1. The smallest absolute Gasteiger partial charge is 0.338 e. The third-order valence-electron chi connectivity index (χ3n) is 6.10. The molecule has 1 amide bonds. The van der Waals surface area contributed by atoms with Crippen molar-refractivity contribution in [3.8, 4) is 0 Å². The first kappa shape index (κ1) is 23.7. The number of sulfonamides is 1. The first-order valence-electron chi connectivity index (χ1n) is 11.5. The van der Waals surface area contributed by atoms with Gasteiger partial charge in [0.1, 0.15) is 0 Å². The second-order valence-corrected chi connectivity index (χ2v) is 10.5. The zero-order valence-electron chi connectivity index (χ0n) is 18.2. The van der Waals surface area contributed by atoms with Crippen molar-refractivity contribution in [3.63, 3.8) is 0 Å². The minimum atomic E-state index is -3.56. The molecule has 1 aliphatic carbocycles. The van der Waals surface area contributed by atoms with Gasteiger partial charge in [-0.25, -0.2) is 13.2 Å². The van der Waals surface area contributed by atoms with Crippen molar-refractivity contribution < 1.29 is 22.7 Å². The molecule has 0 unspecified atom stereocenters. The standard InChI is InChI=1S/C23H34N2O5S/c26-22(24-20-10-6-2-1-3-7-11-20)18-30-23(27)19-12-14-21(15-13-19)31(28,29)25-16-8-4-5-9-17-25/h12-15,20H,1-11,16-18H2,(H,24,26). The minimum absolute atomic E-state index is 0.148. The van der Waals surface area contributed by atoms with Crippen LogP contribution >= 0.6 is 0 Å². The average Bonchev–Trinajstić information content (AvgIpc) is 3.04. The molecule has 172 valence electrons. The van der Waals surface area contributed by atoms with Crippen LogP contribution in [0.25, 0.3) is 0 Å². The van der Waals surface area contributed by atoms with Gasteiger partial charge in [0.2, 0.25) is 10.0 Å². The maximum Gasteiger partial charge on any atom is 0.338 e. The fourth-order valence-corrected chi connectivity index (χ4v) is 5.80. The highest BCUT2D eigenvalue weighted by molar-refractivity contribution is 7.89. The van der Waals surface area contributed by atoms with Crippen LogP contribution in [0.5, 0.6) is 0 Å². The third-order valence-corrected chi connectivity index (χ3v) is 8.01. The Balaban J connectivity index is 1.51. The van der Waals surface area contributed by atoms with Gasteiger partial charge >= 0.3 is 5.97 Å². The van der Waals surface area contributed by atoms with Crippen LogP contribution in [-0.4, -0.2) is 50.3 Å². The summed E-state index contributed by atoms with van der Waals surface area (Å²) in [6.07, 6.45) is 11.6. The molecule has 0 spiro atoms. The number of hydrogen-bond donors (Lipinski definition) is 1. The predicted octanol–water partition coefficient (Wildman–Crippen LogP) is 3.64. The lowest BCUT2D eigenvalue weighted by atomic mass is 9.97. The van der Waals surface area contributed by atoms with Crippen LogP contribution < -0.4 is 5.32 Å². The van der Waals surface area contributed by atoms with Crippen LogP contribution in [-0.2, 0) is 19.6 Å². The lowest BCUT2D eigenvalue weighted by molar-refractivity contribution is -0.125. The summed E-state index contributed by atoms with van der Waals surface area (Å²) in [4.78, 5) is 24.6. The van der Waals surface area contributed by atoms with E-state index in [-0.39, 0.29) is 29.0 Å². The van der Waals surface area contributed by atoms with E-state index in [1.165, 1.54) is 47.8 Å². The number of carbonyl (C=O) groups excluding carboxylic acids is 2. The molecule has 3 rings (SSSR count). The molecule has 0 radical (unpaired) electrons. The number of hydrogen-bond acceptors (Lipinski definition) is 5. The molecule has 2 aliphatic rings. The van der Waals surface area contributed by atoms with Crippen molar-refractivity contribution in [3.05, 3.63) is 29.8 Å². The van der Waals surface area contributed by atoms with Crippen molar-refractivity contribution in [1.82, 2.24) is 9.62 Å². The first-order chi connectivity index (χ1) is 15.0. The highest BCUT2D eigenvalue weighted by Gasteiger charge is 2.25. The third kappa shape index (κ3) is 7.04. The van der Waals surface area contributed by atoms with Crippen LogP contribution in [0.3, 0.4) is 0 Å². The molecule has 1 aromatic carbocycles. The molecule has 8 heteroatoms. The Bertz CT molecular complexity index is 822. The van der Waals surface area contributed by atoms with Gasteiger partial charge in [0.05, 0.1) is 10.5 Å². The van der Waals surface area contributed by atoms with Crippen molar-refractivity contribution in [2.24, 2.45) is 0 Å². The monoisotopic (exact) mass is 450 g/mol. The van der Waals surface area contributed by atoms with Crippen LogP contribution in [0.4, 0.5) is 0 Å². The van der Waals surface area contributed by atoms with Crippen molar-refractivity contribution in [1.29, 1.82) is 0 Å². The summed E-state index contributed by atoms with van der Waals surface area (Å²) in [6, 6.07) is 5.91. The van der Waals surface area contributed by atoms with Crippen LogP contribution in [0.1, 0.15) is 81.0 Å². The second kappa shape index (κ2) is 11.6. The van der Waals surface area contributed by atoms with Gasteiger partial charge in [0.15, 0.2) is 6.61 Å². The highest BCUT2D eigenvalue weighted by atomic mass is 32.2. The molecule has 2 fully saturated rings. The molecule has 0 bridgehead atoms. The van der Waals surface area contributed by atoms with E-state index >= 15 is 0 Å². The number of nitrogens with zero attached hydrogens (tertiary/aromatic N) is 1. The number of esters is 1. The Morgan fingerprint density at radius 1 is 0.871 bits per heavy atom. The van der Waals surface area contributed by atoms with E-state index in [0.29, 0.717) is 13.1 Å². The molecule has 1 aromatic rings. The number of carbonyl (C=O) groups is 2. The second-order valence-electron chi connectivity index (χ2n) is 8.53. The number of ether oxygens (including phenoxy) is 1. The molecular weight excluding hydrogens is 416 g/mol. The average molecular weight is 451 g/mol. The van der Waals surface area contributed by atoms with Gasteiger partial charge in [0, 0.05) is 19.1 Å². The number of amides is 1. The first-order valence-corrected chi connectivity index (χ1v) is 13.0. The van der Waals surface area contributed by atoms with Gasteiger partial charge in [0.25, 0.3) is 5.91 Å². The molecule has 1 heterocycles. The summed E-state index contributed by atoms with van der Waals surface area (Å²) >= 11 is 0. The molecule has 1 saturated carbocycles. The lowest BCUT2D eigenvalue weighted by Gasteiger charge is -2.21. The Labute approximate surface area is 185 Å². The lowest BCUT2D eigenvalue weighted by Crippen LogP contribution is -2.38. The molecule has 1 N–H and O–H groups in total. The van der Waals surface area contributed by atoms with E-state index in [0.717, 1.165) is 51.4 Å². The summed E-state index contributed by atoms with van der Waals surface area (Å²) in [7, 11) is -3.56. The normalized spacial score (nSPS) is 19.6. The van der Waals surface area contributed by atoms with E-state index in [9.17, 15) is 18.0 Å². The van der Waals surface area contributed by atoms with Gasteiger partial charge in [-0.15, -0.1) is 0 Å². The Morgan fingerprint density at radius 3 is 2.03 bits per heavy atom. The maximum absolute atomic E-state index is 12.8. The van der Waals surface area contributed by atoms with Gasteiger partial charge in [-0.3, -0.25) is 4.79 Å². The van der Waals surface area contributed by atoms with Crippen LogP contribution in [0.2, 0.25) is 0 Å². The van der Waals surface area contributed by atoms with Crippen molar-refractivity contribution >= 4 is 21.9 Å². The van der Waals surface area contributed by atoms with Crippen LogP contribution in [0.15, 0.2) is 29.2 Å². The summed E-state index contributed by atoms with van der Waals surface area (Å²) in [5.74, 6) is -0.925. The maximum atomic E-state index is 12.8.